The van der Waals surface area contributed by atoms with Crippen LogP contribution in [0.2, 0.25) is 0 Å². The predicted molar refractivity (Wildman–Crippen MR) is 87.8 cm³/mol. The van der Waals surface area contributed by atoms with Gasteiger partial charge in [-0.05, 0) is 47.9 Å². The van der Waals surface area contributed by atoms with E-state index in [0.29, 0.717) is 12.0 Å². The first-order valence-corrected chi connectivity index (χ1v) is 8.46. The van der Waals surface area contributed by atoms with Crippen LogP contribution in [0.5, 0.6) is 0 Å². The third-order valence-electron chi connectivity index (χ3n) is 3.85. The summed E-state index contributed by atoms with van der Waals surface area (Å²) in [6.45, 7) is 5.29. The van der Waals surface area contributed by atoms with Gasteiger partial charge in [-0.3, -0.25) is 0 Å². The molecule has 0 aromatic carbocycles. The van der Waals surface area contributed by atoms with Crippen molar-refractivity contribution in [3.63, 3.8) is 0 Å². The highest BCUT2D eigenvalue weighted by Gasteiger charge is 2.30. The van der Waals surface area contributed by atoms with Crippen molar-refractivity contribution in [3.8, 4) is 0 Å². The zero-order valence-electron chi connectivity index (χ0n) is 12.6. The maximum Gasteiger partial charge on any atom is 0.129 e. The van der Waals surface area contributed by atoms with Gasteiger partial charge in [0.1, 0.15) is 5.82 Å². The summed E-state index contributed by atoms with van der Waals surface area (Å²) in [5, 5.41) is 11.6. The Balaban J connectivity index is 1.92. The fourth-order valence-electron chi connectivity index (χ4n) is 2.48. The molecular weight excluding hydrogens is 280 g/mol. The monoisotopic (exact) mass is 302 g/mol. The lowest BCUT2D eigenvalue weighted by Crippen LogP contribution is -2.26. The zero-order valence-corrected chi connectivity index (χ0v) is 13.4. The van der Waals surface area contributed by atoms with Gasteiger partial charge in [0.25, 0.3) is 0 Å². The molecule has 2 aromatic rings. The van der Waals surface area contributed by atoms with Crippen LogP contribution in [0.3, 0.4) is 0 Å². The van der Waals surface area contributed by atoms with Crippen molar-refractivity contribution in [1.29, 1.82) is 0 Å². The number of aromatic nitrogens is 1. The van der Waals surface area contributed by atoms with Crippen molar-refractivity contribution in [2.45, 2.75) is 51.8 Å². The van der Waals surface area contributed by atoms with E-state index in [0.717, 1.165) is 23.6 Å². The number of rotatable bonds is 6. The van der Waals surface area contributed by atoms with E-state index >= 15 is 0 Å². The minimum absolute atomic E-state index is 0.0761. The third kappa shape index (κ3) is 3.44. The van der Waals surface area contributed by atoms with Crippen LogP contribution in [0.25, 0.3) is 0 Å². The summed E-state index contributed by atoms with van der Waals surface area (Å²) < 4.78 is 0. The van der Waals surface area contributed by atoms with Crippen LogP contribution in [0.15, 0.2) is 29.6 Å². The summed E-state index contributed by atoms with van der Waals surface area (Å²) in [6, 6.07) is 8.94. The number of nitrogens with zero attached hydrogens (tertiary/aromatic N) is 2. The Labute approximate surface area is 130 Å². The molecule has 2 heterocycles. The van der Waals surface area contributed by atoms with Crippen molar-refractivity contribution in [2.75, 3.05) is 4.90 Å². The van der Waals surface area contributed by atoms with Crippen molar-refractivity contribution < 1.29 is 5.11 Å². The molecule has 1 saturated carbocycles. The van der Waals surface area contributed by atoms with Crippen LogP contribution in [-0.4, -0.2) is 16.1 Å². The molecule has 0 unspecified atom stereocenters. The topological polar surface area (TPSA) is 36.4 Å². The van der Waals surface area contributed by atoms with Gasteiger partial charge in [0.2, 0.25) is 0 Å². The molecule has 1 fully saturated rings. The molecule has 0 radical (unpaired) electrons. The van der Waals surface area contributed by atoms with Gasteiger partial charge in [0.15, 0.2) is 0 Å². The molecule has 4 heteroatoms. The van der Waals surface area contributed by atoms with Gasteiger partial charge < -0.3 is 10.0 Å². The quantitative estimate of drug-likeness (QED) is 0.878. The lowest BCUT2D eigenvalue weighted by atomic mass is 10.1. The van der Waals surface area contributed by atoms with Crippen LogP contribution in [0.1, 0.15) is 48.7 Å². The van der Waals surface area contributed by atoms with Gasteiger partial charge in [0.05, 0.1) is 13.2 Å². The highest BCUT2D eigenvalue weighted by Crippen LogP contribution is 2.34. The van der Waals surface area contributed by atoms with Crippen LogP contribution >= 0.6 is 11.3 Å². The summed E-state index contributed by atoms with van der Waals surface area (Å²) in [7, 11) is 0. The van der Waals surface area contributed by atoms with Gasteiger partial charge in [0, 0.05) is 16.6 Å². The Morgan fingerprint density at radius 1 is 1.38 bits per heavy atom. The zero-order chi connectivity index (χ0) is 14.8. The van der Waals surface area contributed by atoms with E-state index in [1.807, 2.05) is 12.1 Å². The summed E-state index contributed by atoms with van der Waals surface area (Å²) in [6.07, 6.45) is 2.49. The first-order valence-electron chi connectivity index (χ1n) is 7.58. The second-order valence-corrected chi connectivity index (χ2v) is 7.04. The van der Waals surface area contributed by atoms with Crippen LogP contribution < -0.4 is 4.90 Å². The lowest BCUT2D eigenvalue weighted by molar-refractivity contribution is 0.281. The van der Waals surface area contributed by atoms with Crippen LogP contribution in [0.4, 0.5) is 5.82 Å². The number of hydrogen-bond donors (Lipinski definition) is 1. The molecule has 1 N–H and O–H groups in total. The molecule has 1 aliphatic carbocycles. The average Bonchev–Trinajstić information content (AvgIpc) is 3.20. The van der Waals surface area contributed by atoms with Gasteiger partial charge in [-0.1, -0.05) is 19.9 Å². The molecular formula is C17H22N2OS. The second-order valence-electron chi connectivity index (χ2n) is 6.01. The Morgan fingerprint density at radius 2 is 2.19 bits per heavy atom. The van der Waals surface area contributed by atoms with Gasteiger partial charge in [-0.25, -0.2) is 4.98 Å². The maximum absolute atomic E-state index is 9.52. The van der Waals surface area contributed by atoms with E-state index in [1.54, 1.807) is 11.3 Å². The van der Waals surface area contributed by atoms with E-state index in [9.17, 15) is 5.11 Å². The molecule has 0 bridgehead atoms. The number of pyridine rings is 1. The molecule has 3 rings (SSSR count). The Bertz CT molecular complexity index is 591. The SMILES string of the molecule is CC(C)c1cc(CO)cc(N(Cc2cccs2)C2CC2)n1. The molecule has 2 aromatic heterocycles. The number of aliphatic hydroxyl groups is 1. The predicted octanol–water partition coefficient (Wildman–Crippen LogP) is 3.93. The van der Waals surface area contributed by atoms with E-state index in [-0.39, 0.29) is 6.61 Å². The number of thiophene rings is 1. The van der Waals surface area contributed by atoms with Crippen molar-refractivity contribution in [1.82, 2.24) is 4.98 Å². The highest BCUT2D eigenvalue weighted by atomic mass is 32.1. The molecule has 112 valence electrons. The molecule has 21 heavy (non-hydrogen) atoms. The van der Waals surface area contributed by atoms with Crippen molar-refractivity contribution in [2.24, 2.45) is 0 Å². The minimum Gasteiger partial charge on any atom is -0.392 e. The highest BCUT2D eigenvalue weighted by molar-refractivity contribution is 7.09. The average molecular weight is 302 g/mol. The fourth-order valence-corrected chi connectivity index (χ4v) is 3.18. The van der Waals surface area contributed by atoms with Crippen molar-refractivity contribution in [3.05, 3.63) is 45.8 Å². The molecule has 0 aliphatic heterocycles. The van der Waals surface area contributed by atoms with E-state index in [2.05, 4.69) is 36.3 Å². The lowest BCUT2D eigenvalue weighted by Gasteiger charge is -2.24. The number of aliphatic hydroxyl groups excluding tert-OH is 1. The van der Waals surface area contributed by atoms with Crippen LogP contribution in [0, 0.1) is 0 Å². The largest absolute Gasteiger partial charge is 0.392 e. The van der Waals surface area contributed by atoms with Crippen LogP contribution in [-0.2, 0) is 13.2 Å². The molecule has 3 nitrogen and oxygen atoms in total. The Hall–Kier alpha value is -1.39. The molecule has 0 spiro atoms. The Kier molecular flexibility index (Phi) is 4.27. The van der Waals surface area contributed by atoms with Gasteiger partial charge in [-0.15, -0.1) is 11.3 Å². The van der Waals surface area contributed by atoms with Gasteiger partial charge in [-0.2, -0.15) is 0 Å². The van der Waals surface area contributed by atoms with E-state index in [4.69, 9.17) is 4.98 Å². The molecule has 1 aliphatic rings. The molecule has 0 atom stereocenters. The molecule has 0 saturated heterocycles. The van der Waals surface area contributed by atoms with Gasteiger partial charge >= 0.3 is 0 Å². The normalized spacial score (nSPS) is 14.7. The Morgan fingerprint density at radius 3 is 2.76 bits per heavy atom. The van der Waals surface area contributed by atoms with E-state index < -0.39 is 0 Å². The number of hydrogen-bond acceptors (Lipinski definition) is 4. The second kappa shape index (κ2) is 6.16. The summed E-state index contributed by atoms with van der Waals surface area (Å²) >= 11 is 1.79. The van der Waals surface area contributed by atoms with Crippen molar-refractivity contribution >= 4 is 17.2 Å². The molecule has 0 amide bonds. The smallest absolute Gasteiger partial charge is 0.129 e. The fraction of sp³-hybridized carbons (Fsp3) is 0.471. The summed E-state index contributed by atoms with van der Waals surface area (Å²) in [5.41, 5.74) is 2.02. The summed E-state index contributed by atoms with van der Waals surface area (Å²) in [5.74, 6) is 1.39. The first-order chi connectivity index (χ1) is 10.2. The first kappa shape index (κ1) is 14.5. The van der Waals surface area contributed by atoms with E-state index in [1.165, 1.54) is 17.7 Å². The minimum atomic E-state index is 0.0761. The third-order valence-corrected chi connectivity index (χ3v) is 4.71. The maximum atomic E-state index is 9.52. The number of anilines is 1. The standard InChI is InChI=1S/C17H22N2OS/c1-12(2)16-8-13(11-20)9-17(18-16)19(14-5-6-14)10-15-4-3-7-21-15/h3-4,7-9,12,14,20H,5-6,10-11H2,1-2H3. The summed E-state index contributed by atoms with van der Waals surface area (Å²) in [4.78, 5) is 8.61.